The number of nitrogens with zero attached hydrogens (tertiary/aromatic N) is 1. The predicted molar refractivity (Wildman–Crippen MR) is 107 cm³/mol. The van der Waals surface area contributed by atoms with Crippen molar-refractivity contribution < 1.29 is 13.3 Å². The summed E-state index contributed by atoms with van der Waals surface area (Å²) >= 11 is 0. The highest BCUT2D eigenvalue weighted by molar-refractivity contribution is 5.67. The number of aromatic nitrogens is 1. The SMILES string of the molecule is C=CC1(CC)[n+]2ccc(CCCC)cc2-c2c(F)cc(F)cc2C1(C)CC. The van der Waals surface area contributed by atoms with E-state index in [0.717, 1.165) is 49.4 Å². The van der Waals surface area contributed by atoms with E-state index in [9.17, 15) is 4.39 Å². The molecule has 144 valence electrons. The Hall–Kier alpha value is -2.03. The highest BCUT2D eigenvalue weighted by atomic mass is 19.1. The van der Waals surface area contributed by atoms with E-state index in [4.69, 9.17) is 0 Å². The molecule has 2 heterocycles. The van der Waals surface area contributed by atoms with Crippen molar-refractivity contribution in [3.8, 4) is 11.3 Å². The molecule has 0 radical (unpaired) electrons. The van der Waals surface area contributed by atoms with Crippen molar-refractivity contribution in [1.29, 1.82) is 0 Å². The van der Waals surface area contributed by atoms with Crippen LogP contribution in [0, 0.1) is 11.6 Å². The van der Waals surface area contributed by atoms with Crippen LogP contribution in [0.15, 0.2) is 43.1 Å². The third-order valence-corrected chi connectivity index (χ3v) is 6.71. The van der Waals surface area contributed by atoms with E-state index >= 15 is 4.39 Å². The van der Waals surface area contributed by atoms with Crippen molar-refractivity contribution in [3.63, 3.8) is 0 Å². The quantitative estimate of drug-likeness (QED) is 0.419. The standard InChI is InChI=1S/C24H30F2N/c1-6-10-11-17-12-13-27-21(14-17)22-19(15-18(25)16-20(22)26)23(5,7-2)24(27,8-3)9-4/h8,12-16H,3,6-7,9-11H2,1-2,4-5H3/q+1. The smallest absolute Gasteiger partial charge is 0.207 e. The van der Waals surface area contributed by atoms with Gasteiger partial charge in [0.15, 0.2) is 11.7 Å². The van der Waals surface area contributed by atoms with Gasteiger partial charge in [-0.05, 0) is 49.5 Å². The minimum Gasteiger partial charge on any atom is -0.207 e. The van der Waals surface area contributed by atoms with Crippen LogP contribution in [0.2, 0.25) is 0 Å². The lowest BCUT2D eigenvalue weighted by molar-refractivity contribution is -0.756. The molecule has 0 amide bonds. The number of allylic oxidation sites excluding steroid dienone is 1. The maximum atomic E-state index is 15.1. The molecule has 2 aromatic rings. The first-order valence-electron chi connectivity index (χ1n) is 10.1. The number of hydrogen-bond acceptors (Lipinski definition) is 0. The molecule has 0 bridgehead atoms. The van der Waals surface area contributed by atoms with Gasteiger partial charge in [0.25, 0.3) is 0 Å². The third-order valence-electron chi connectivity index (χ3n) is 6.71. The van der Waals surface area contributed by atoms with Gasteiger partial charge in [0.2, 0.25) is 5.69 Å². The molecule has 2 unspecified atom stereocenters. The maximum Gasteiger partial charge on any atom is 0.216 e. The fraction of sp³-hybridized carbons (Fsp3) is 0.458. The van der Waals surface area contributed by atoms with Gasteiger partial charge in [-0.3, -0.25) is 0 Å². The molecule has 0 saturated carbocycles. The van der Waals surface area contributed by atoms with Gasteiger partial charge in [0.1, 0.15) is 11.6 Å². The van der Waals surface area contributed by atoms with Crippen molar-refractivity contribution in [2.45, 2.75) is 70.8 Å². The van der Waals surface area contributed by atoms with Crippen molar-refractivity contribution in [1.82, 2.24) is 0 Å². The fourth-order valence-electron chi connectivity index (χ4n) is 4.91. The molecular weight excluding hydrogens is 340 g/mol. The Kier molecular flexibility index (Phi) is 5.24. The van der Waals surface area contributed by atoms with Gasteiger partial charge in [0, 0.05) is 24.6 Å². The van der Waals surface area contributed by atoms with Crippen LogP contribution >= 0.6 is 0 Å². The van der Waals surface area contributed by atoms with E-state index in [-0.39, 0.29) is 0 Å². The van der Waals surface area contributed by atoms with Gasteiger partial charge >= 0.3 is 0 Å². The van der Waals surface area contributed by atoms with Gasteiger partial charge in [-0.1, -0.05) is 33.8 Å². The number of pyridine rings is 1. The zero-order valence-corrected chi connectivity index (χ0v) is 16.9. The molecule has 1 aliphatic rings. The van der Waals surface area contributed by atoms with Crippen LogP contribution in [0.4, 0.5) is 8.78 Å². The summed E-state index contributed by atoms with van der Waals surface area (Å²) < 4.78 is 31.5. The van der Waals surface area contributed by atoms with E-state index in [2.05, 4.69) is 57.2 Å². The number of halogens is 2. The first-order valence-corrected chi connectivity index (χ1v) is 10.1. The highest BCUT2D eigenvalue weighted by Crippen LogP contribution is 2.51. The first kappa shape index (κ1) is 19.7. The topological polar surface area (TPSA) is 3.88 Å². The second-order valence-electron chi connectivity index (χ2n) is 7.87. The Morgan fingerprint density at radius 1 is 1.11 bits per heavy atom. The summed E-state index contributed by atoms with van der Waals surface area (Å²) in [5.74, 6) is -1.00. The number of unbranched alkanes of at least 4 members (excludes halogenated alkanes) is 1. The normalized spacial score (nSPS) is 23.6. The number of benzene rings is 1. The van der Waals surface area contributed by atoms with Gasteiger partial charge < -0.3 is 0 Å². The zero-order chi connectivity index (χ0) is 19.8. The monoisotopic (exact) mass is 370 g/mol. The maximum absolute atomic E-state index is 15.1. The van der Waals surface area contributed by atoms with Gasteiger partial charge in [-0.2, -0.15) is 4.57 Å². The minimum atomic E-state index is -0.518. The summed E-state index contributed by atoms with van der Waals surface area (Å²) in [6.07, 6.45) is 8.76. The Labute approximate surface area is 161 Å². The van der Waals surface area contributed by atoms with Crippen LogP contribution in [-0.4, -0.2) is 0 Å². The number of hydrogen-bond donors (Lipinski definition) is 0. The lowest BCUT2D eigenvalue weighted by Crippen LogP contribution is -2.68. The lowest BCUT2D eigenvalue weighted by Gasteiger charge is -2.46. The van der Waals surface area contributed by atoms with Crippen LogP contribution in [-0.2, 0) is 17.4 Å². The number of rotatable bonds is 6. The highest BCUT2D eigenvalue weighted by Gasteiger charge is 2.58. The lowest BCUT2D eigenvalue weighted by atomic mass is 9.60. The summed E-state index contributed by atoms with van der Waals surface area (Å²) in [4.78, 5) is 0. The van der Waals surface area contributed by atoms with E-state index in [1.807, 2.05) is 6.08 Å². The summed E-state index contributed by atoms with van der Waals surface area (Å²) in [6, 6.07) is 6.75. The van der Waals surface area contributed by atoms with E-state index in [1.54, 1.807) is 0 Å². The van der Waals surface area contributed by atoms with Crippen LogP contribution in [0.1, 0.15) is 64.5 Å². The molecule has 0 spiro atoms. The zero-order valence-electron chi connectivity index (χ0n) is 16.9. The van der Waals surface area contributed by atoms with Crippen molar-refractivity contribution in [2.75, 3.05) is 0 Å². The van der Waals surface area contributed by atoms with Crippen molar-refractivity contribution >= 4 is 0 Å². The van der Waals surface area contributed by atoms with Crippen LogP contribution < -0.4 is 4.57 Å². The van der Waals surface area contributed by atoms with Crippen LogP contribution in [0.5, 0.6) is 0 Å². The molecule has 0 aliphatic carbocycles. The Morgan fingerprint density at radius 3 is 2.44 bits per heavy atom. The fourth-order valence-corrected chi connectivity index (χ4v) is 4.91. The molecule has 0 fully saturated rings. The largest absolute Gasteiger partial charge is 0.216 e. The van der Waals surface area contributed by atoms with Gasteiger partial charge in [-0.15, -0.1) is 0 Å². The summed E-state index contributed by atoms with van der Waals surface area (Å²) in [6.45, 7) is 12.6. The average molecular weight is 371 g/mol. The molecule has 0 saturated heterocycles. The molecule has 1 aromatic heterocycles. The van der Waals surface area contributed by atoms with Gasteiger partial charge in [0.05, 0.1) is 11.0 Å². The third kappa shape index (κ3) is 2.74. The molecular formula is C24H30F2N+. The Morgan fingerprint density at radius 2 is 1.85 bits per heavy atom. The molecule has 1 aliphatic heterocycles. The Bertz CT molecular complexity index is 873. The molecule has 1 aromatic carbocycles. The van der Waals surface area contributed by atoms with Gasteiger partial charge in [-0.25, -0.2) is 8.78 Å². The minimum absolute atomic E-state index is 0.437. The average Bonchev–Trinajstić information content (AvgIpc) is 2.67. The van der Waals surface area contributed by atoms with Crippen molar-refractivity contribution in [2.24, 2.45) is 0 Å². The van der Waals surface area contributed by atoms with Crippen molar-refractivity contribution in [3.05, 3.63) is 65.9 Å². The van der Waals surface area contributed by atoms with E-state index < -0.39 is 22.6 Å². The van der Waals surface area contributed by atoms with Crippen LogP contribution in [0.3, 0.4) is 0 Å². The molecule has 3 heteroatoms. The molecule has 2 atom stereocenters. The molecule has 0 N–H and O–H groups in total. The summed E-state index contributed by atoms with van der Waals surface area (Å²) in [7, 11) is 0. The first-order chi connectivity index (χ1) is 12.9. The van der Waals surface area contributed by atoms with Crippen LogP contribution in [0.25, 0.3) is 11.3 Å². The molecule has 1 nitrogen and oxygen atoms in total. The molecule has 3 rings (SSSR count). The summed E-state index contributed by atoms with van der Waals surface area (Å²) in [5.41, 5.74) is 2.40. The number of aryl methyl sites for hydroxylation is 1. The molecule has 27 heavy (non-hydrogen) atoms. The predicted octanol–water partition coefficient (Wildman–Crippen LogP) is 6.23. The number of fused-ring (bicyclic) bond motifs is 3. The van der Waals surface area contributed by atoms with E-state index in [0.29, 0.717) is 5.56 Å². The Balaban J connectivity index is 2.40. The second kappa shape index (κ2) is 7.18. The van der Waals surface area contributed by atoms with E-state index in [1.165, 1.54) is 11.6 Å². The summed E-state index contributed by atoms with van der Waals surface area (Å²) in [5, 5.41) is 0. The second-order valence-corrected chi connectivity index (χ2v) is 7.87.